The van der Waals surface area contributed by atoms with Crippen molar-refractivity contribution in [3.05, 3.63) is 36.0 Å². The fraction of sp³-hybridized carbons (Fsp3) is 0.111. The van der Waals surface area contributed by atoms with Crippen LogP contribution >= 0.6 is 28.3 Å². The van der Waals surface area contributed by atoms with Gasteiger partial charge >= 0.3 is 0 Å². The van der Waals surface area contributed by atoms with E-state index in [1.54, 1.807) is 0 Å². The average Bonchev–Trinajstić information content (AvgIpc) is 2.50. The Hall–Kier alpha value is -0.470. The van der Waals surface area contributed by atoms with E-state index < -0.39 is 0 Å². The molecule has 1 aromatic heterocycles. The number of halogens is 2. The topological polar surface area (TPSA) is 15.8 Å². The molecule has 0 saturated heterocycles. The Balaban J connectivity index is 0.000000720. The molecule has 1 nitrogen and oxygen atoms in total. The van der Waals surface area contributed by atoms with Crippen LogP contribution in [0.1, 0.15) is 5.56 Å². The molecular formula is C9H9BrClN. The predicted octanol–water partition coefficient (Wildman–Crippen LogP) is 3.48. The molecule has 0 atom stereocenters. The van der Waals surface area contributed by atoms with Gasteiger partial charge in [0.1, 0.15) is 0 Å². The fourth-order valence-electron chi connectivity index (χ4n) is 1.27. The van der Waals surface area contributed by atoms with Gasteiger partial charge in [-0.05, 0) is 17.7 Å². The molecule has 3 heteroatoms. The van der Waals surface area contributed by atoms with Gasteiger partial charge in [-0.1, -0.05) is 28.1 Å². The van der Waals surface area contributed by atoms with Gasteiger partial charge in [0.25, 0.3) is 0 Å². The predicted molar refractivity (Wildman–Crippen MR) is 58.2 cm³/mol. The van der Waals surface area contributed by atoms with Gasteiger partial charge in [0.05, 0.1) is 0 Å². The first-order chi connectivity index (χ1) is 5.42. The number of alkyl halides is 1. The zero-order valence-corrected chi connectivity index (χ0v) is 8.78. The van der Waals surface area contributed by atoms with Crippen LogP contribution in [-0.2, 0) is 5.33 Å². The fourth-order valence-corrected chi connectivity index (χ4v) is 1.76. The first kappa shape index (κ1) is 9.62. The summed E-state index contributed by atoms with van der Waals surface area (Å²) in [4.78, 5) is 3.17. The van der Waals surface area contributed by atoms with Crippen molar-refractivity contribution in [2.45, 2.75) is 5.33 Å². The van der Waals surface area contributed by atoms with Crippen LogP contribution in [0.25, 0.3) is 10.9 Å². The number of rotatable bonds is 1. The second-order valence-corrected chi connectivity index (χ2v) is 3.05. The largest absolute Gasteiger partial charge is 0.361 e. The van der Waals surface area contributed by atoms with Crippen molar-refractivity contribution in [1.29, 1.82) is 0 Å². The van der Waals surface area contributed by atoms with E-state index in [4.69, 9.17) is 0 Å². The third-order valence-corrected chi connectivity index (χ3v) is 2.43. The Labute approximate surface area is 85.7 Å². The molecule has 1 heterocycles. The highest BCUT2D eigenvalue weighted by Crippen LogP contribution is 2.18. The summed E-state index contributed by atoms with van der Waals surface area (Å²) in [6.45, 7) is 0. The number of aromatic amines is 1. The standard InChI is InChI=1S/C9H8BrN.ClH/c10-6-7-2-1-3-9-8(7)4-5-11-9;/h1-5,11H,6H2;1H. The van der Waals surface area contributed by atoms with E-state index in [1.807, 2.05) is 6.20 Å². The summed E-state index contributed by atoms with van der Waals surface area (Å²) in [7, 11) is 0. The molecule has 0 saturated carbocycles. The average molecular weight is 247 g/mol. The molecule has 0 unspecified atom stereocenters. The molecular weight excluding hydrogens is 237 g/mol. The van der Waals surface area contributed by atoms with E-state index in [-0.39, 0.29) is 12.4 Å². The van der Waals surface area contributed by atoms with Gasteiger partial charge in [-0.15, -0.1) is 12.4 Å². The first-order valence-corrected chi connectivity index (χ1v) is 4.65. The van der Waals surface area contributed by atoms with Gasteiger partial charge in [-0.25, -0.2) is 0 Å². The molecule has 64 valence electrons. The third-order valence-electron chi connectivity index (χ3n) is 1.83. The van der Waals surface area contributed by atoms with Gasteiger partial charge in [0.2, 0.25) is 0 Å². The van der Waals surface area contributed by atoms with Crippen molar-refractivity contribution in [3.63, 3.8) is 0 Å². The highest BCUT2D eigenvalue weighted by Gasteiger charge is 1.97. The molecule has 2 aromatic rings. The van der Waals surface area contributed by atoms with Crippen LogP contribution in [0.3, 0.4) is 0 Å². The number of benzene rings is 1. The minimum absolute atomic E-state index is 0. The molecule has 0 spiro atoms. The molecule has 0 amide bonds. The minimum Gasteiger partial charge on any atom is -0.361 e. The number of aromatic nitrogens is 1. The second-order valence-electron chi connectivity index (χ2n) is 2.49. The number of fused-ring (bicyclic) bond motifs is 1. The Morgan fingerprint density at radius 2 is 2.08 bits per heavy atom. The van der Waals surface area contributed by atoms with Gasteiger partial charge in [0.15, 0.2) is 0 Å². The monoisotopic (exact) mass is 245 g/mol. The van der Waals surface area contributed by atoms with Crippen molar-refractivity contribution in [1.82, 2.24) is 4.98 Å². The third kappa shape index (κ3) is 1.50. The van der Waals surface area contributed by atoms with Crippen molar-refractivity contribution < 1.29 is 0 Å². The summed E-state index contributed by atoms with van der Waals surface area (Å²) in [5.74, 6) is 0. The first-order valence-electron chi connectivity index (χ1n) is 3.53. The summed E-state index contributed by atoms with van der Waals surface area (Å²) in [5, 5.41) is 2.23. The van der Waals surface area contributed by atoms with Gasteiger partial charge in [-0.2, -0.15) is 0 Å². The molecule has 0 radical (unpaired) electrons. The molecule has 2 rings (SSSR count). The summed E-state index contributed by atoms with van der Waals surface area (Å²) < 4.78 is 0. The summed E-state index contributed by atoms with van der Waals surface area (Å²) in [6, 6.07) is 8.38. The maximum atomic E-state index is 3.45. The van der Waals surface area contributed by atoms with Crippen LogP contribution in [0.5, 0.6) is 0 Å². The molecule has 0 bridgehead atoms. The van der Waals surface area contributed by atoms with Crippen LogP contribution in [-0.4, -0.2) is 4.98 Å². The van der Waals surface area contributed by atoms with E-state index in [9.17, 15) is 0 Å². The Morgan fingerprint density at radius 3 is 2.83 bits per heavy atom. The summed E-state index contributed by atoms with van der Waals surface area (Å²) in [6.07, 6.45) is 1.97. The molecule has 12 heavy (non-hydrogen) atoms. The normalized spacial score (nSPS) is 9.75. The van der Waals surface area contributed by atoms with Gasteiger partial charge in [0, 0.05) is 22.4 Å². The van der Waals surface area contributed by atoms with Crippen LogP contribution in [0.15, 0.2) is 30.5 Å². The number of hydrogen-bond acceptors (Lipinski definition) is 0. The van der Waals surface area contributed by atoms with Crippen LogP contribution in [0.4, 0.5) is 0 Å². The lowest BCUT2D eigenvalue weighted by Crippen LogP contribution is -1.76. The highest BCUT2D eigenvalue weighted by atomic mass is 79.9. The lowest BCUT2D eigenvalue weighted by atomic mass is 10.1. The smallest absolute Gasteiger partial charge is 0.0456 e. The second kappa shape index (κ2) is 3.97. The van der Waals surface area contributed by atoms with E-state index in [1.165, 1.54) is 16.5 Å². The van der Waals surface area contributed by atoms with Gasteiger partial charge < -0.3 is 4.98 Å². The zero-order valence-electron chi connectivity index (χ0n) is 6.38. The Kier molecular flexibility index (Phi) is 3.18. The maximum absolute atomic E-state index is 3.45. The van der Waals surface area contributed by atoms with Crippen molar-refractivity contribution in [2.24, 2.45) is 0 Å². The van der Waals surface area contributed by atoms with Crippen molar-refractivity contribution >= 4 is 39.2 Å². The van der Waals surface area contributed by atoms with Crippen molar-refractivity contribution in [2.75, 3.05) is 0 Å². The SMILES string of the molecule is BrCc1cccc2[nH]ccc12.Cl. The maximum Gasteiger partial charge on any atom is 0.0456 e. The number of hydrogen-bond donors (Lipinski definition) is 1. The van der Waals surface area contributed by atoms with Crippen LogP contribution in [0.2, 0.25) is 0 Å². The highest BCUT2D eigenvalue weighted by molar-refractivity contribution is 9.08. The lowest BCUT2D eigenvalue weighted by molar-refractivity contribution is 1.46. The van der Waals surface area contributed by atoms with E-state index in [0.717, 1.165) is 5.33 Å². The number of nitrogens with one attached hydrogen (secondary N) is 1. The molecule has 1 aromatic carbocycles. The Bertz CT molecular complexity index is 369. The molecule has 1 N–H and O–H groups in total. The zero-order chi connectivity index (χ0) is 7.68. The van der Waals surface area contributed by atoms with E-state index in [0.29, 0.717) is 0 Å². The van der Waals surface area contributed by atoms with Crippen molar-refractivity contribution in [3.8, 4) is 0 Å². The van der Waals surface area contributed by atoms with Crippen LogP contribution < -0.4 is 0 Å². The quantitative estimate of drug-likeness (QED) is 0.742. The molecule has 0 aliphatic carbocycles. The summed E-state index contributed by atoms with van der Waals surface area (Å²) in [5.41, 5.74) is 2.55. The van der Waals surface area contributed by atoms with E-state index >= 15 is 0 Å². The molecule has 0 fully saturated rings. The molecule has 0 aliphatic rings. The Morgan fingerprint density at radius 1 is 1.25 bits per heavy atom. The molecule has 0 aliphatic heterocycles. The van der Waals surface area contributed by atoms with Crippen LogP contribution in [0, 0.1) is 0 Å². The van der Waals surface area contributed by atoms with E-state index in [2.05, 4.69) is 45.2 Å². The van der Waals surface area contributed by atoms with Gasteiger partial charge in [-0.3, -0.25) is 0 Å². The minimum atomic E-state index is 0. The summed E-state index contributed by atoms with van der Waals surface area (Å²) >= 11 is 3.45. The number of H-pyrrole nitrogens is 1. The lowest BCUT2D eigenvalue weighted by Gasteiger charge is -1.95.